The quantitative estimate of drug-likeness (QED) is 0.582. The standard InChI is InChI=1S/C8H13NO2/c1-3-9-7(2)5-4-6-8(10)11/h7,9H,3,5H2,1-2H3,(H,10,11). The van der Waals surface area contributed by atoms with Crippen molar-refractivity contribution < 1.29 is 9.90 Å². The smallest absolute Gasteiger partial charge is 0.381 e. The minimum absolute atomic E-state index is 0.270. The molecule has 0 spiro atoms. The maximum atomic E-state index is 9.94. The first-order valence-electron chi connectivity index (χ1n) is 3.62. The number of carboxylic acid groups (broad SMARTS) is 1. The Bertz CT molecular complexity index is 178. The van der Waals surface area contributed by atoms with Gasteiger partial charge in [-0.3, -0.25) is 0 Å². The summed E-state index contributed by atoms with van der Waals surface area (Å²) in [5.74, 6) is 3.56. The zero-order chi connectivity index (χ0) is 8.69. The normalized spacial score (nSPS) is 11.5. The molecule has 1 atom stereocenters. The molecule has 0 saturated heterocycles. The molecule has 0 aromatic carbocycles. The van der Waals surface area contributed by atoms with Crippen LogP contribution in [-0.2, 0) is 4.79 Å². The van der Waals surface area contributed by atoms with Crippen molar-refractivity contribution >= 4 is 5.97 Å². The highest BCUT2D eigenvalue weighted by molar-refractivity contribution is 5.86. The summed E-state index contributed by atoms with van der Waals surface area (Å²) in [5.41, 5.74) is 0. The van der Waals surface area contributed by atoms with Crippen molar-refractivity contribution in [2.45, 2.75) is 26.3 Å². The molecule has 0 fully saturated rings. The summed E-state index contributed by atoms with van der Waals surface area (Å²) in [4.78, 5) is 9.94. The van der Waals surface area contributed by atoms with Crippen molar-refractivity contribution in [3.63, 3.8) is 0 Å². The first-order chi connectivity index (χ1) is 5.16. The van der Waals surface area contributed by atoms with Gasteiger partial charge in [-0.2, -0.15) is 0 Å². The van der Waals surface area contributed by atoms with Gasteiger partial charge in [0.15, 0.2) is 0 Å². The maximum absolute atomic E-state index is 9.94. The molecular formula is C8H13NO2. The lowest BCUT2D eigenvalue weighted by molar-refractivity contribution is -0.130. The van der Waals surface area contributed by atoms with Crippen LogP contribution in [0.4, 0.5) is 0 Å². The van der Waals surface area contributed by atoms with Crippen molar-refractivity contribution in [2.24, 2.45) is 0 Å². The van der Waals surface area contributed by atoms with E-state index in [2.05, 4.69) is 17.2 Å². The second kappa shape index (κ2) is 5.75. The molecule has 3 nitrogen and oxygen atoms in total. The lowest BCUT2D eigenvalue weighted by Crippen LogP contribution is -2.24. The van der Waals surface area contributed by atoms with Gasteiger partial charge in [0.2, 0.25) is 0 Å². The van der Waals surface area contributed by atoms with Gasteiger partial charge in [-0.05, 0) is 13.5 Å². The van der Waals surface area contributed by atoms with Crippen LogP contribution < -0.4 is 5.32 Å². The zero-order valence-electron chi connectivity index (χ0n) is 6.85. The predicted octanol–water partition coefficient (Wildman–Crippen LogP) is 0.463. The molecule has 62 valence electrons. The van der Waals surface area contributed by atoms with E-state index < -0.39 is 5.97 Å². The third-order valence-electron chi connectivity index (χ3n) is 1.16. The Labute approximate surface area is 66.8 Å². The third-order valence-corrected chi connectivity index (χ3v) is 1.16. The summed E-state index contributed by atoms with van der Waals surface area (Å²) >= 11 is 0. The van der Waals surface area contributed by atoms with Gasteiger partial charge in [-0.25, -0.2) is 4.79 Å². The number of carboxylic acids is 1. The van der Waals surface area contributed by atoms with E-state index in [1.54, 1.807) is 0 Å². The van der Waals surface area contributed by atoms with Gasteiger partial charge < -0.3 is 10.4 Å². The molecular weight excluding hydrogens is 142 g/mol. The fraction of sp³-hybridized carbons (Fsp3) is 0.625. The van der Waals surface area contributed by atoms with Gasteiger partial charge in [-0.15, -0.1) is 0 Å². The number of hydrogen-bond donors (Lipinski definition) is 2. The second-order valence-corrected chi connectivity index (χ2v) is 2.27. The molecule has 1 unspecified atom stereocenters. The second-order valence-electron chi connectivity index (χ2n) is 2.27. The minimum atomic E-state index is -1.06. The number of aliphatic carboxylic acids is 1. The highest BCUT2D eigenvalue weighted by Crippen LogP contribution is 1.86. The van der Waals surface area contributed by atoms with Gasteiger partial charge in [-0.1, -0.05) is 12.8 Å². The number of rotatable bonds is 3. The summed E-state index contributed by atoms with van der Waals surface area (Å²) in [6, 6.07) is 0.270. The van der Waals surface area contributed by atoms with Crippen LogP contribution in [0.3, 0.4) is 0 Å². The van der Waals surface area contributed by atoms with Crippen molar-refractivity contribution in [1.29, 1.82) is 0 Å². The number of carbonyl (C=O) groups is 1. The van der Waals surface area contributed by atoms with Crippen LogP contribution in [0.1, 0.15) is 20.3 Å². The van der Waals surface area contributed by atoms with Crippen LogP contribution in [-0.4, -0.2) is 23.7 Å². The molecule has 0 rings (SSSR count). The number of hydrogen-bond acceptors (Lipinski definition) is 2. The van der Waals surface area contributed by atoms with Gasteiger partial charge >= 0.3 is 5.97 Å². The molecule has 3 heteroatoms. The summed E-state index contributed by atoms with van der Waals surface area (Å²) in [6.07, 6.45) is 0.583. The fourth-order valence-corrected chi connectivity index (χ4v) is 0.700. The van der Waals surface area contributed by atoms with Gasteiger partial charge in [0.1, 0.15) is 0 Å². The molecule has 0 aromatic heterocycles. The molecule has 0 aliphatic rings. The number of nitrogens with one attached hydrogen (secondary N) is 1. The van der Waals surface area contributed by atoms with E-state index >= 15 is 0 Å². The molecule has 0 aliphatic carbocycles. The highest BCUT2D eigenvalue weighted by atomic mass is 16.4. The Morgan fingerprint density at radius 2 is 2.36 bits per heavy atom. The molecule has 11 heavy (non-hydrogen) atoms. The van der Waals surface area contributed by atoms with Crippen LogP contribution >= 0.6 is 0 Å². The highest BCUT2D eigenvalue weighted by Gasteiger charge is 1.94. The van der Waals surface area contributed by atoms with E-state index in [1.807, 2.05) is 13.8 Å². The first-order valence-corrected chi connectivity index (χ1v) is 3.62. The van der Waals surface area contributed by atoms with E-state index in [4.69, 9.17) is 5.11 Å². The lowest BCUT2D eigenvalue weighted by Gasteiger charge is -2.06. The zero-order valence-corrected chi connectivity index (χ0v) is 6.85. The Balaban J connectivity index is 3.54. The van der Waals surface area contributed by atoms with Crippen LogP contribution in [0.25, 0.3) is 0 Å². The van der Waals surface area contributed by atoms with Crippen LogP contribution in [0.15, 0.2) is 0 Å². The van der Waals surface area contributed by atoms with Crippen molar-refractivity contribution in [2.75, 3.05) is 6.54 Å². The summed E-state index contributed by atoms with van der Waals surface area (Å²) in [6.45, 7) is 4.86. The molecule has 0 heterocycles. The summed E-state index contributed by atoms with van der Waals surface area (Å²) in [5, 5.41) is 11.3. The van der Waals surface area contributed by atoms with E-state index in [0.717, 1.165) is 6.54 Å². The van der Waals surface area contributed by atoms with Gasteiger partial charge in [0.05, 0.1) is 0 Å². The van der Waals surface area contributed by atoms with Gasteiger partial charge in [0, 0.05) is 18.4 Å². The van der Waals surface area contributed by atoms with Crippen LogP contribution in [0, 0.1) is 11.8 Å². The molecule has 0 radical (unpaired) electrons. The largest absolute Gasteiger partial charge is 0.472 e. The van der Waals surface area contributed by atoms with E-state index in [-0.39, 0.29) is 6.04 Å². The Hall–Kier alpha value is -1.01. The Kier molecular flexibility index (Phi) is 5.22. The summed E-state index contributed by atoms with van der Waals surface area (Å²) < 4.78 is 0. The maximum Gasteiger partial charge on any atom is 0.381 e. The lowest BCUT2D eigenvalue weighted by atomic mass is 10.2. The molecule has 0 amide bonds. The van der Waals surface area contributed by atoms with Crippen LogP contribution in [0.5, 0.6) is 0 Å². The Morgan fingerprint density at radius 1 is 1.73 bits per heavy atom. The third kappa shape index (κ3) is 6.88. The Morgan fingerprint density at radius 3 is 2.82 bits per heavy atom. The van der Waals surface area contributed by atoms with Crippen molar-refractivity contribution in [3.8, 4) is 11.8 Å². The van der Waals surface area contributed by atoms with Crippen molar-refractivity contribution in [3.05, 3.63) is 0 Å². The predicted molar refractivity (Wildman–Crippen MR) is 43.2 cm³/mol. The monoisotopic (exact) mass is 155 g/mol. The topological polar surface area (TPSA) is 49.3 Å². The van der Waals surface area contributed by atoms with Crippen molar-refractivity contribution in [1.82, 2.24) is 5.32 Å². The molecule has 2 N–H and O–H groups in total. The summed E-state index contributed by atoms with van der Waals surface area (Å²) in [7, 11) is 0. The SMILES string of the molecule is CCNC(C)CC#CC(=O)O. The fourth-order valence-electron chi connectivity index (χ4n) is 0.700. The van der Waals surface area contributed by atoms with Crippen LogP contribution in [0.2, 0.25) is 0 Å². The average Bonchev–Trinajstić information content (AvgIpc) is 1.87. The van der Waals surface area contributed by atoms with E-state index in [0.29, 0.717) is 6.42 Å². The molecule has 0 aliphatic heterocycles. The molecule has 0 aromatic rings. The average molecular weight is 155 g/mol. The van der Waals surface area contributed by atoms with Gasteiger partial charge in [0.25, 0.3) is 0 Å². The van der Waals surface area contributed by atoms with E-state index in [1.165, 1.54) is 0 Å². The first kappa shape index (κ1) is 9.99. The molecule has 0 bridgehead atoms. The molecule has 0 saturated carbocycles. The van der Waals surface area contributed by atoms with E-state index in [9.17, 15) is 4.79 Å². The minimum Gasteiger partial charge on any atom is -0.472 e.